The van der Waals surface area contributed by atoms with Crippen molar-refractivity contribution >= 4 is 37.9 Å². The number of aromatic nitrogens is 2. The number of nitriles is 1. The van der Waals surface area contributed by atoms with E-state index < -0.39 is 10.0 Å². The van der Waals surface area contributed by atoms with E-state index in [9.17, 15) is 8.42 Å². The molecule has 0 radical (unpaired) electrons. The molecule has 0 saturated heterocycles. The van der Waals surface area contributed by atoms with Gasteiger partial charge in [-0.15, -0.1) is 11.3 Å². The summed E-state index contributed by atoms with van der Waals surface area (Å²) in [5, 5.41) is 10.1. The van der Waals surface area contributed by atoms with E-state index in [4.69, 9.17) is 16.9 Å². The van der Waals surface area contributed by atoms with Crippen molar-refractivity contribution in [3.63, 3.8) is 0 Å². The number of thiazole rings is 1. The van der Waals surface area contributed by atoms with Gasteiger partial charge < -0.3 is 0 Å². The smallest absolute Gasteiger partial charge is 0.259 e. The average molecular weight is 319 g/mol. The predicted octanol–water partition coefficient (Wildman–Crippen LogP) is 2.02. The molecule has 0 saturated carbocycles. The zero-order chi connectivity index (χ0) is 13.9. The number of unbranched alkanes of at least 4 members (excludes halogenated alkanes) is 2. The molecule has 2 aromatic rings. The zero-order valence-corrected chi connectivity index (χ0v) is 12.2. The monoisotopic (exact) mass is 318 g/mol. The molecule has 2 rings (SSSR count). The Morgan fingerprint density at radius 2 is 2.32 bits per heavy atom. The fourth-order valence-corrected chi connectivity index (χ4v) is 4.10. The Morgan fingerprint density at radius 1 is 1.53 bits per heavy atom. The molecule has 0 aliphatic carbocycles. The van der Waals surface area contributed by atoms with Crippen LogP contribution in [0.3, 0.4) is 0 Å². The highest BCUT2D eigenvalue weighted by atomic mass is 35.5. The maximum Gasteiger partial charge on any atom is 0.259 e. The van der Waals surface area contributed by atoms with Gasteiger partial charge in [0.05, 0.1) is 6.07 Å². The SMILES string of the molecule is N#CCCCCNS(=O)(=O)c1c(Cl)nc2sccn12. The van der Waals surface area contributed by atoms with Gasteiger partial charge in [-0.05, 0) is 12.8 Å². The Kier molecular flexibility index (Phi) is 4.42. The molecule has 2 heterocycles. The lowest BCUT2D eigenvalue weighted by molar-refractivity contribution is 0.572. The first-order valence-electron chi connectivity index (χ1n) is 5.54. The third-order valence-corrected chi connectivity index (χ3v) is 5.06. The van der Waals surface area contributed by atoms with Crippen molar-refractivity contribution < 1.29 is 8.42 Å². The highest BCUT2D eigenvalue weighted by Gasteiger charge is 2.24. The van der Waals surface area contributed by atoms with E-state index in [-0.39, 0.29) is 16.7 Å². The van der Waals surface area contributed by atoms with Crippen molar-refractivity contribution in [2.75, 3.05) is 6.54 Å². The highest BCUT2D eigenvalue weighted by Crippen LogP contribution is 2.25. The topological polar surface area (TPSA) is 87.3 Å². The van der Waals surface area contributed by atoms with Crippen molar-refractivity contribution in [1.82, 2.24) is 14.1 Å². The van der Waals surface area contributed by atoms with Gasteiger partial charge in [-0.2, -0.15) is 5.26 Å². The summed E-state index contributed by atoms with van der Waals surface area (Å²) in [5.74, 6) is 0. The highest BCUT2D eigenvalue weighted by molar-refractivity contribution is 7.89. The summed E-state index contributed by atoms with van der Waals surface area (Å²) in [6.07, 6.45) is 3.30. The van der Waals surface area contributed by atoms with Crippen LogP contribution in [0.1, 0.15) is 19.3 Å². The van der Waals surface area contributed by atoms with E-state index in [0.29, 0.717) is 24.2 Å². The van der Waals surface area contributed by atoms with Gasteiger partial charge in [0, 0.05) is 24.5 Å². The van der Waals surface area contributed by atoms with Gasteiger partial charge in [0.25, 0.3) is 10.0 Å². The lowest BCUT2D eigenvalue weighted by atomic mass is 10.2. The first kappa shape index (κ1) is 14.3. The summed E-state index contributed by atoms with van der Waals surface area (Å²) in [7, 11) is -3.69. The van der Waals surface area contributed by atoms with Gasteiger partial charge in [-0.25, -0.2) is 18.1 Å². The Morgan fingerprint density at radius 3 is 3.05 bits per heavy atom. The minimum Gasteiger partial charge on any atom is -0.279 e. The Bertz CT molecular complexity index is 714. The van der Waals surface area contributed by atoms with E-state index in [2.05, 4.69) is 9.71 Å². The number of imidazole rings is 1. The molecule has 0 aromatic carbocycles. The molecule has 0 spiro atoms. The van der Waals surface area contributed by atoms with Crippen molar-refractivity contribution in [3.8, 4) is 6.07 Å². The number of sulfonamides is 1. The van der Waals surface area contributed by atoms with Crippen LogP contribution in [-0.2, 0) is 10.0 Å². The van der Waals surface area contributed by atoms with Crippen LogP contribution < -0.4 is 4.72 Å². The van der Waals surface area contributed by atoms with Crippen molar-refractivity contribution in [2.24, 2.45) is 0 Å². The molecule has 0 atom stereocenters. The normalized spacial score (nSPS) is 11.8. The first-order chi connectivity index (χ1) is 9.06. The summed E-state index contributed by atoms with van der Waals surface area (Å²) in [4.78, 5) is 4.52. The van der Waals surface area contributed by atoms with Gasteiger partial charge in [0.2, 0.25) is 0 Å². The summed E-state index contributed by atoms with van der Waals surface area (Å²) >= 11 is 7.18. The van der Waals surface area contributed by atoms with Crippen LogP contribution in [0.2, 0.25) is 5.15 Å². The van der Waals surface area contributed by atoms with Gasteiger partial charge in [-0.1, -0.05) is 11.6 Å². The van der Waals surface area contributed by atoms with Crippen molar-refractivity contribution in [2.45, 2.75) is 24.3 Å². The standard InChI is InChI=1S/C10H11ClN4O2S2/c11-8-9(15-6-7-18-10(15)14-8)19(16,17)13-5-3-1-2-4-12/h6-7,13H,1-3,5H2. The van der Waals surface area contributed by atoms with Crippen LogP contribution in [-0.4, -0.2) is 24.3 Å². The van der Waals surface area contributed by atoms with Crippen LogP contribution in [0.25, 0.3) is 4.96 Å². The van der Waals surface area contributed by atoms with Crippen LogP contribution in [0.15, 0.2) is 16.6 Å². The van der Waals surface area contributed by atoms with E-state index in [1.54, 1.807) is 11.6 Å². The van der Waals surface area contributed by atoms with Gasteiger partial charge >= 0.3 is 0 Å². The molecule has 0 fully saturated rings. The van der Waals surface area contributed by atoms with Gasteiger partial charge in [-0.3, -0.25) is 4.40 Å². The van der Waals surface area contributed by atoms with Crippen LogP contribution in [0, 0.1) is 11.3 Å². The number of nitrogens with one attached hydrogen (secondary N) is 1. The summed E-state index contributed by atoms with van der Waals surface area (Å²) in [6.45, 7) is 0.276. The first-order valence-corrected chi connectivity index (χ1v) is 8.28. The summed E-state index contributed by atoms with van der Waals surface area (Å²) in [5.41, 5.74) is 0. The number of halogens is 1. The van der Waals surface area contributed by atoms with E-state index in [1.165, 1.54) is 15.7 Å². The third-order valence-electron chi connectivity index (χ3n) is 2.44. The second kappa shape index (κ2) is 5.88. The zero-order valence-electron chi connectivity index (χ0n) is 9.84. The number of nitrogens with zero attached hydrogens (tertiary/aromatic N) is 3. The van der Waals surface area contributed by atoms with Crippen LogP contribution in [0.4, 0.5) is 0 Å². The molecule has 2 aromatic heterocycles. The van der Waals surface area contributed by atoms with E-state index >= 15 is 0 Å². The summed E-state index contributed by atoms with van der Waals surface area (Å²) < 4.78 is 28.2. The molecular weight excluding hydrogens is 308 g/mol. The van der Waals surface area contributed by atoms with E-state index in [0.717, 1.165) is 0 Å². The second-order valence-corrected chi connectivity index (χ2v) is 6.69. The van der Waals surface area contributed by atoms with Gasteiger partial charge in [0.15, 0.2) is 15.1 Å². The average Bonchev–Trinajstić information content (AvgIpc) is 2.87. The molecule has 102 valence electrons. The maximum atomic E-state index is 12.1. The maximum absolute atomic E-state index is 12.1. The Balaban J connectivity index is 2.13. The Hall–Kier alpha value is -1.14. The number of hydrogen-bond donors (Lipinski definition) is 1. The third kappa shape index (κ3) is 3.06. The summed E-state index contributed by atoms with van der Waals surface area (Å²) in [6, 6.07) is 2.01. The largest absolute Gasteiger partial charge is 0.279 e. The lowest BCUT2D eigenvalue weighted by Gasteiger charge is -2.05. The number of hydrogen-bond acceptors (Lipinski definition) is 5. The molecule has 6 nitrogen and oxygen atoms in total. The lowest BCUT2D eigenvalue weighted by Crippen LogP contribution is -2.26. The minimum atomic E-state index is -3.69. The van der Waals surface area contributed by atoms with Crippen molar-refractivity contribution in [1.29, 1.82) is 5.26 Å². The molecule has 1 N–H and O–H groups in total. The van der Waals surface area contributed by atoms with Gasteiger partial charge in [0.1, 0.15) is 0 Å². The molecule has 0 aliphatic heterocycles. The van der Waals surface area contributed by atoms with Crippen molar-refractivity contribution in [3.05, 3.63) is 16.7 Å². The number of rotatable bonds is 6. The molecule has 9 heteroatoms. The second-order valence-electron chi connectivity index (χ2n) is 3.78. The predicted molar refractivity (Wildman–Crippen MR) is 72.7 cm³/mol. The molecule has 0 bridgehead atoms. The molecule has 0 unspecified atom stereocenters. The molecule has 19 heavy (non-hydrogen) atoms. The quantitative estimate of drug-likeness (QED) is 0.825. The fraction of sp³-hybridized carbons (Fsp3) is 0.400. The molecule has 0 amide bonds. The number of fused-ring (bicyclic) bond motifs is 1. The molecular formula is C10H11ClN4O2S2. The molecule has 0 aliphatic rings. The fourth-order valence-electron chi connectivity index (χ4n) is 1.58. The minimum absolute atomic E-state index is 0.0311. The van der Waals surface area contributed by atoms with Crippen LogP contribution in [0.5, 0.6) is 0 Å². The van der Waals surface area contributed by atoms with Crippen LogP contribution >= 0.6 is 22.9 Å². The Labute approximate surface area is 119 Å². The van der Waals surface area contributed by atoms with E-state index in [1.807, 2.05) is 6.07 Å².